The number of carbonyl (C=O) groups is 1. The fraction of sp³-hybridized carbons (Fsp3) is 0.375. The van der Waals surface area contributed by atoms with E-state index in [9.17, 15) is 4.79 Å². The smallest absolute Gasteiger partial charge is 0.234 e. The average molecular weight is 473 g/mol. The van der Waals surface area contributed by atoms with Crippen LogP contribution in [0.25, 0.3) is 0 Å². The van der Waals surface area contributed by atoms with Crippen molar-refractivity contribution in [1.82, 2.24) is 14.8 Å². The van der Waals surface area contributed by atoms with Crippen molar-refractivity contribution < 1.29 is 9.53 Å². The van der Waals surface area contributed by atoms with Crippen molar-refractivity contribution in [3.05, 3.63) is 64.4 Å². The van der Waals surface area contributed by atoms with Gasteiger partial charge in [0.1, 0.15) is 12.4 Å². The van der Waals surface area contributed by atoms with Crippen molar-refractivity contribution >= 4 is 35.0 Å². The molecule has 1 aromatic heterocycles. The summed E-state index contributed by atoms with van der Waals surface area (Å²) in [6.07, 6.45) is 0. The van der Waals surface area contributed by atoms with Crippen LogP contribution in [0, 0.1) is 0 Å². The van der Waals surface area contributed by atoms with Crippen LogP contribution in [0.1, 0.15) is 56.5 Å². The molecule has 0 saturated carbocycles. The number of para-hydroxylation sites is 2. The van der Waals surface area contributed by atoms with Crippen LogP contribution in [-0.2, 0) is 18.4 Å². The van der Waals surface area contributed by atoms with E-state index in [-0.39, 0.29) is 18.3 Å². The van der Waals surface area contributed by atoms with Crippen molar-refractivity contribution in [3.8, 4) is 5.75 Å². The van der Waals surface area contributed by atoms with Crippen molar-refractivity contribution in [2.75, 3.05) is 11.1 Å². The minimum absolute atomic E-state index is 0.0677. The molecule has 32 heavy (non-hydrogen) atoms. The number of nitrogens with zero attached hydrogens (tertiary/aromatic N) is 3. The van der Waals surface area contributed by atoms with Gasteiger partial charge in [0, 0.05) is 12.7 Å². The van der Waals surface area contributed by atoms with Gasteiger partial charge in [0.05, 0.1) is 10.8 Å². The van der Waals surface area contributed by atoms with Gasteiger partial charge in [0.25, 0.3) is 0 Å². The van der Waals surface area contributed by atoms with Gasteiger partial charge in [-0.25, -0.2) is 0 Å². The first-order chi connectivity index (χ1) is 15.3. The number of benzene rings is 2. The molecule has 0 aliphatic carbocycles. The number of halogens is 1. The van der Waals surface area contributed by atoms with Crippen LogP contribution in [0.3, 0.4) is 0 Å². The number of nitrogens with one attached hydrogen (secondary N) is 1. The Kier molecular flexibility index (Phi) is 8.21. The highest BCUT2D eigenvalue weighted by molar-refractivity contribution is 7.99. The molecule has 0 saturated heterocycles. The molecule has 2 aromatic carbocycles. The average Bonchev–Trinajstić information content (AvgIpc) is 3.11. The van der Waals surface area contributed by atoms with Gasteiger partial charge in [0.2, 0.25) is 5.91 Å². The zero-order valence-electron chi connectivity index (χ0n) is 19.1. The van der Waals surface area contributed by atoms with Crippen LogP contribution in [0.15, 0.2) is 47.6 Å². The molecular weight excluding hydrogens is 444 g/mol. The molecule has 0 spiro atoms. The predicted octanol–water partition coefficient (Wildman–Crippen LogP) is 6.03. The molecule has 6 nitrogen and oxygen atoms in total. The summed E-state index contributed by atoms with van der Waals surface area (Å²) in [5, 5.41) is 12.7. The highest BCUT2D eigenvalue weighted by atomic mass is 35.5. The predicted molar refractivity (Wildman–Crippen MR) is 131 cm³/mol. The van der Waals surface area contributed by atoms with E-state index in [2.05, 4.69) is 61.4 Å². The van der Waals surface area contributed by atoms with Gasteiger partial charge in [0.15, 0.2) is 11.0 Å². The molecule has 0 radical (unpaired) electrons. The van der Waals surface area contributed by atoms with Crippen molar-refractivity contribution in [3.63, 3.8) is 0 Å². The SMILES string of the molecule is CC(C)c1cccc(C(C)C)c1NC(=O)CSc1nnc(COc2ccccc2Cl)n1C. The monoisotopic (exact) mass is 472 g/mol. The number of hydrogen-bond acceptors (Lipinski definition) is 5. The third-order valence-corrected chi connectivity index (χ3v) is 6.42. The van der Waals surface area contributed by atoms with E-state index in [4.69, 9.17) is 16.3 Å². The van der Waals surface area contributed by atoms with Gasteiger partial charge < -0.3 is 14.6 Å². The molecule has 0 bridgehead atoms. The summed E-state index contributed by atoms with van der Waals surface area (Å²) < 4.78 is 7.58. The summed E-state index contributed by atoms with van der Waals surface area (Å²) in [5.74, 6) is 2.05. The van der Waals surface area contributed by atoms with E-state index < -0.39 is 0 Å². The summed E-state index contributed by atoms with van der Waals surface area (Å²) in [7, 11) is 1.86. The maximum atomic E-state index is 12.8. The number of aromatic nitrogens is 3. The normalized spacial score (nSPS) is 11.2. The molecule has 1 amide bonds. The van der Waals surface area contributed by atoms with E-state index in [1.807, 2.05) is 23.7 Å². The summed E-state index contributed by atoms with van der Waals surface area (Å²) in [6.45, 7) is 8.77. The Balaban J connectivity index is 1.63. The highest BCUT2D eigenvalue weighted by Gasteiger charge is 2.17. The third kappa shape index (κ3) is 5.84. The van der Waals surface area contributed by atoms with Crippen LogP contribution >= 0.6 is 23.4 Å². The molecule has 3 rings (SSSR count). The van der Waals surface area contributed by atoms with Gasteiger partial charge in [-0.15, -0.1) is 10.2 Å². The molecule has 1 N–H and O–H groups in total. The Morgan fingerprint density at radius 2 is 1.72 bits per heavy atom. The Hall–Kier alpha value is -2.51. The maximum Gasteiger partial charge on any atom is 0.234 e. The lowest BCUT2D eigenvalue weighted by Gasteiger charge is -2.20. The minimum Gasteiger partial charge on any atom is -0.484 e. The van der Waals surface area contributed by atoms with Gasteiger partial charge in [-0.2, -0.15) is 0 Å². The number of rotatable bonds is 9. The molecule has 0 unspecified atom stereocenters. The highest BCUT2D eigenvalue weighted by Crippen LogP contribution is 2.32. The molecule has 170 valence electrons. The van der Waals surface area contributed by atoms with E-state index >= 15 is 0 Å². The van der Waals surface area contributed by atoms with Crippen LogP contribution in [0.5, 0.6) is 5.75 Å². The summed E-state index contributed by atoms with van der Waals surface area (Å²) >= 11 is 7.48. The van der Waals surface area contributed by atoms with Crippen molar-refractivity contribution in [2.45, 2.75) is 51.3 Å². The zero-order valence-corrected chi connectivity index (χ0v) is 20.6. The van der Waals surface area contributed by atoms with Crippen LogP contribution in [0.2, 0.25) is 5.02 Å². The Bertz CT molecular complexity index is 1060. The topological polar surface area (TPSA) is 69.0 Å². The van der Waals surface area contributed by atoms with Gasteiger partial charge in [-0.05, 0) is 35.1 Å². The summed E-state index contributed by atoms with van der Waals surface area (Å²) in [6, 6.07) is 13.5. The van der Waals surface area contributed by atoms with Gasteiger partial charge >= 0.3 is 0 Å². The van der Waals surface area contributed by atoms with E-state index in [1.165, 1.54) is 11.8 Å². The lowest BCUT2D eigenvalue weighted by molar-refractivity contribution is -0.113. The molecule has 0 fully saturated rings. The first kappa shape index (κ1) is 24.1. The standard InChI is InChI=1S/C24H29ClN4O2S/c1-15(2)17-9-8-10-18(16(3)4)23(17)26-22(30)14-32-24-28-27-21(29(24)5)13-31-20-12-7-6-11-19(20)25/h6-12,15-16H,13-14H2,1-5H3,(H,26,30). The lowest BCUT2D eigenvalue weighted by Crippen LogP contribution is -2.18. The molecule has 3 aromatic rings. The number of carbonyl (C=O) groups excluding carboxylic acids is 1. The number of anilines is 1. The molecular formula is C24H29ClN4O2S. The summed E-state index contributed by atoms with van der Waals surface area (Å²) in [5.41, 5.74) is 3.22. The largest absolute Gasteiger partial charge is 0.484 e. The van der Waals surface area contributed by atoms with Crippen LogP contribution in [-0.4, -0.2) is 26.4 Å². The van der Waals surface area contributed by atoms with Crippen LogP contribution < -0.4 is 10.1 Å². The van der Waals surface area contributed by atoms with E-state index in [0.717, 1.165) is 16.8 Å². The Morgan fingerprint density at radius 1 is 1.06 bits per heavy atom. The quantitative estimate of drug-likeness (QED) is 0.385. The van der Waals surface area contributed by atoms with Crippen LogP contribution in [0.4, 0.5) is 5.69 Å². The molecule has 0 atom stereocenters. The number of thioether (sulfide) groups is 1. The number of ether oxygens (including phenoxy) is 1. The minimum atomic E-state index is -0.0677. The van der Waals surface area contributed by atoms with Gasteiger partial charge in [-0.3, -0.25) is 4.79 Å². The Labute approximate surface area is 198 Å². The maximum absolute atomic E-state index is 12.8. The second kappa shape index (κ2) is 10.9. The first-order valence-electron chi connectivity index (χ1n) is 10.6. The van der Waals surface area contributed by atoms with E-state index in [0.29, 0.717) is 33.6 Å². The fourth-order valence-electron chi connectivity index (χ4n) is 3.30. The van der Waals surface area contributed by atoms with Crippen molar-refractivity contribution in [1.29, 1.82) is 0 Å². The molecule has 8 heteroatoms. The second-order valence-electron chi connectivity index (χ2n) is 8.13. The van der Waals surface area contributed by atoms with E-state index in [1.54, 1.807) is 12.1 Å². The second-order valence-corrected chi connectivity index (χ2v) is 9.48. The first-order valence-corrected chi connectivity index (χ1v) is 11.9. The third-order valence-electron chi connectivity index (χ3n) is 5.09. The number of hydrogen-bond donors (Lipinski definition) is 1. The molecule has 0 aliphatic heterocycles. The van der Waals surface area contributed by atoms with Gasteiger partial charge in [-0.1, -0.05) is 81.4 Å². The summed E-state index contributed by atoms with van der Waals surface area (Å²) in [4.78, 5) is 12.8. The molecule has 0 aliphatic rings. The Morgan fingerprint density at radius 3 is 2.34 bits per heavy atom. The number of amides is 1. The lowest BCUT2D eigenvalue weighted by atomic mass is 9.92. The molecule has 1 heterocycles. The van der Waals surface area contributed by atoms with Crippen molar-refractivity contribution in [2.24, 2.45) is 7.05 Å². The zero-order chi connectivity index (χ0) is 23.3. The fourth-order valence-corrected chi connectivity index (χ4v) is 4.22.